The first-order valence-electron chi connectivity index (χ1n) is 5.02. The zero-order valence-corrected chi connectivity index (χ0v) is 8.94. The van der Waals surface area contributed by atoms with E-state index in [9.17, 15) is 0 Å². The lowest BCUT2D eigenvalue weighted by Gasteiger charge is -2.35. The fourth-order valence-electron chi connectivity index (χ4n) is 2.11. The number of nitrogens with two attached hydrogens (primary N) is 1. The molecule has 13 heavy (non-hydrogen) atoms. The summed E-state index contributed by atoms with van der Waals surface area (Å²) in [6.07, 6.45) is 4.88. The van der Waals surface area contributed by atoms with Crippen LogP contribution in [0, 0.1) is 5.92 Å². The van der Waals surface area contributed by atoms with Crippen LogP contribution in [0.15, 0.2) is 16.8 Å². The van der Waals surface area contributed by atoms with Crippen molar-refractivity contribution in [2.24, 2.45) is 11.7 Å². The van der Waals surface area contributed by atoms with Gasteiger partial charge in [0.05, 0.1) is 0 Å². The average Bonchev–Trinajstić information content (AvgIpc) is 2.63. The van der Waals surface area contributed by atoms with Gasteiger partial charge in [0.1, 0.15) is 0 Å². The van der Waals surface area contributed by atoms with Crippen LogP contribution < -0.4 is 5.73 Å². The predicted molar refractivity (Wildman–Crippen MR) is 57.8 cm³/mol. The third kappa shape index (κ3) is 1.79. The van der Waals surface area contributed by atoms with Gasteiger partial charge in [0, 0.05) is 5.54 Å². The van der Waals surface area contributed by atoms with Gasteiger partial charge in [0.2, 0.25) is 0 Å². The van der Waals surface area contributed by atoms with Crippen molar-refractivity contribution in [3.8, 4) is 0 Å². The Morgan fingerprint density at radius 2 is 2.15 bits per heavy atom. The molecule has 2 rings (SSSR count). The first-order valence-corrected chi connectivity index (χ1v) is 5.96. The van der Waals surface area contributed by atoms with E-state index in [4.69, 9.17) is 5.73 Å². The molecule has 0 aliphatic heterocycles. The fourth-order valence-corrected chi connectivity index (χ4v) is 2.88. The Kier molecular flexibility index (Phi) is 2.43. The van der Waals surface area contributed by atoms with Gasteiger partial charge in [-0.15, -0.1) is 0 Å². The SMILES string of the molecule is CC1CCC(N)(c2ccsc2)CC1. The second-order valence-corrected chi connectivity index (χ2v) is 5.13. The number of hydrogen-bond donors (Lipinski definition) is 1. The zero-order chi connectivity index (χ0) is 9.31. The van der Waals surface area contributed by atoms with E-state index >= 15 is 0 Å². The highest BCUT2D eigenvalue weighted by atomic mass is 32.1. The van der Waals surface area contributed by atoms with E-state index in [0.717, 1.165) is 18.8 Å². The summed E-state index contributed by atoms with van der Waals surface area (Å²) in [7, 11) is 0. The van der Waals surface area contributed by atoms with Crippen molar-refractivity contribution < 1.29 is 0 Å². The molecule has 0 saturated heterocycles. The summed E-state index contributed by atoms with van der Waals surface area (Å²) in [6, 6.07) is 2.18. The summed E-state index contributed by atoms with van der Waals surface area (Å²) in [6.45, 7) is 2.33. The van der Waals surface area contributed by atoms with Crippen molar-refractivity contribution >= 4 is 11.3 Å². The molecule has 1 heterocycles. The Balaban J connectivity index is 2.13. The molecule has 0 bridgehead atoms. The number of rotatable bonds is 1. The van der Waals surface area contributed by atoms with Crippen LogP contribution in [0.5, 0.6) is 0 Å². The van der Waals surface area contributed by atoms with Gasteiger partial charge >= 0.3 is 0 Å². The summed E-state index contributed by atoms with van der Waals surface area (Å²) in [5.41, 5.74) is 7.74. The third-order valence-electron chi connectivity index (χ3n) is 3.26. The Morgan fingerprint density at radius 3 is 2.69 bits per heavy atom. The topological polar surface area (TPSA) is 26.0 Å². The lowest BCUT2D eigenvalue weighted by Crippen LogP contribution is -2.39. The van der Waals surface area contributed by atoms with Gasteiger partial charge in [-0.2, -0.15) is 11.3 Å². The van der Waals surface area contributed by atoms with Crippen molar-refractivity contribution in [2.75, 3.05) is 0 Å². The van der Waals surface area contributed by atoms with Crippen LogP contribution in [0.3, 0.4) is 0 Å². The minimum absolute atomic E-state index is 0.00743. The van der Waals surface area contributed by atoms with E-state index in [-0.39, 0.29) is 5.54 Å². The Morgan fingerprint density at radius 1 is 1.46 bits per heavy atom. The van der Waals surface area contributed by atoms with Gasteiger partial charge in [-0.25, -0.2) is 0 Å². The maximum absolute atomic E-state index is 6.39. The van der Waals surface area contributed by atoms with Gasteiger partial charge in [-0.05, 0) is 54.0 Å². The Hall–Kier alpha value is -0.340. The highest BCUT2D eigenvalue weighted by Gasteiger charge is 2.31. The molecule has 72 valence electrons. The van der Waals surface area contributed by atoms with E-state index in [2.05, 4.69) is 23.8 Å². The zero-order valence-electron chi connectivity index (χ0n) is 8.12. The van der Waals surface area contributed by atoms with Crippen molar-refractivity contribution in [3.05, 3.63) is 22.4 Å². The van der Waals surface area contributed by atoms with Crippen LogP contribution in [0.4, 0.5) is 0 Å². The van der Waals surface area contributed by atoms with Crippen molar-refractivity contribution in [2.45, 2.75) is 38.1 Å². The monoisotopic (exact) mass is 195 g/mol. The molecule has 1 nitrogen and oxygen atoms in total. The van der Waals surface area contributed by atoms with Gasteiger partial charge < -0.3 is 5.73 Å². The van der Waals surface area contributed by atoms with Crippen LogP contribution in [0.2, 0.25) is 0 Å². The molecule has 1 fully saturated rings. The lowest BCUT2D eigenvalue weighted by molar-refractivity contribution is 0.248. The minimum Gasteiger partial charge on any atom is -0.321 e. The largest absolute Gasteiger partial charge is 0.321 e. The van der Waals surface area contributed by atoms with Crippen LogP contribution in [-0.4, -0.2) is 0 Å². The normalized spacial score (nSPS) is 34.8. The number of thiophene rings is 1. The molecule has 2 heteroatoms. The Bertz CT molecular complexity index is 258. The molecule has 1 aromatic heterocycles. The van der Waals surface area contributed by atoms with Crippen molar-refractivity contribution in [3.63, 3.8) is 0 Å². The van der Waals surface area contributed by atoms with Gasteiger partial charge in [0.25, 0.3) is 0 Å². The second-order valence-electron chi connectivity index (χ2n) is 4.35. The van der Waals surface area contributed by atoms with Gasteiger partial charge in [0.15, 0.2) is 0 Å². The van der Waals surface area contributed by atoms with Crippen LogP contribution in [0.25, 0.3) is 0 Å². The molecule has 1 aliphatic carbocycles. The third-order valence-corrected chi connectivity index (χ3v) is 3.95. The molecule has 1 saturated carbocycles. The molecule has 2 N–H and O–H groups in total. The van der Waals surface area contributed by atoms with Crippen LogP contribution in [-0.2, 0) is 5.54 Å². The lowest BCUT2D eigenvalue weighted by atomic mass is 9.75. The maximum Gasteiger partial charge on any atom is 0.0418 e. The Labute approximate surface area is 84.0 Å². The van der Waals surface area contributed by atoms with E-state index in [1.165, 1.54) is 18.4 Å². The molecule has 1 aromatic rings. The summed E-state index contributed by atoms with van der Waals surface area (Å²) >= 11 is 1.75. The minimum atomic E-state index is -0.00743. The molecular weight excluding hydrogens is 178 g/mol. The molecule has 0 radical (unpaired) electrons. The summed E-state index contributed by atoms with van der Waals surface area (Å²) < 4.78 is 0. The molecule has 0 spiro atoms. The molecular formula is C11H17NS. The predicted octanol–water partition coefficient (Wildman–Crippen LogP) is 3.11. The standard InChI is InChI=1S/C11H17NS/c1-9-2-5-11(12,6-3-9)10-4-7-13-8-10/h4,7-9H,2-3,5-6,12H2,1H3. The molecule has 0 atom stereocenters. The van der Waals surface area contributed by atoms with Crippen molar-refractivity contribution in [1.29, 1.82) is 0 Å². The summed E-state index contributed by atoms with van der Waals surface area (Å²) in [4.78, 5) is 0. The van der Waals surface area contributed by atoms with Gasteiger partial charge in [-0.3, -0.25) is 0 Å². The van der Waals surface area contributed by atoms with E-state index in [0.29, 0.717) is 0 Å². The smallest absolute Gasteiger partial charge is 0.0418 e. The molecule has 1 aliphatic rings. The van der Waals surface area contributed by atoms with Crippen LogP contribution >= 0.6 is 11.3 Å². The first-order chi connectivity index (χ1) is 6.21. The summed E-state index contributed by atoms with van der Waals surface area (Å²) in [5.74, 6) is 0.871. The summed E-state index contributed by atoms with van der Waals surface area (Å²) in [5, 5.41) is 4.33. The molecule has 0 unspecified atom stereocenters. The van der Waals surface area contributed by atoms with E-state index in [1.54, 1.807) is 11.3 Å². The highest BCUT2D eigenvalue weighted by molar-refractivity contribution is 7.08. The van der Waals surface area contributed by atoms with Crippen LogP contribution in [0.1, 0.15) is 38.2 Å². The number of hydrogen-bond acceptors (Lipinski definition) is 2. The molecule has 0 amide bonds. The van der Waals surface area contributed by atoms with E-state index < -0.39 is 0 Å². The second kappa shape index (κ2) is 3.43. The first kappa shape index (κ1) is 9.22. The van der Waals surface area contributed by atoms with Crippen molar-refractivity contribution in [1.82, 2.24) is 0 Å². The molecule has 0 aromatic carbocycles. The van der Waals surface area contributed by atoms with Gasteiger partial charge in [-0.1, -0.05) is 6.92 Å². The highest BCUT2D eigenvalue weighted by Crippen LogP contribution is 2.37. The fraction of sp³-hybridized carbons (Fsp3) is 0.636. The quantitative estimate of drug-likeness (QED) is 0.732. The van der Waals surface area contributed by atoms with E-state index in [1.807, 2.05) is 0 Å². The average molecular weight is 195 g/mol. The maximum atomic E-state index is 6.39.